The number of halogens is 1. The molecule has 1 fully saturated rings. The Kier molecular flexibility index (Phi) is 4.19. The quantitative estimate of drug-likeness (QED) is 0.736. The van der Waals surface area contributed by atoms with Crippen LogP contribution in [0.15, 0.2) is 39.1 Å². The number of nitrogens with one attached hydrogen (secondary N) is 2. The molecule has 0 atom stereocenters. The number of rotatable bonds is 5. The molecule has 0 bridgehead atoms. The Morgan fingerprint density at radius 1 is 1.48 bits per heavy atom. The molecule has 1 aromatic carbocycles. The Morgan fingerprint density at radius 2 is 2.29 bits per heavy atom. The Bertz CT molecular complexity index is 714. The maximum absolute atomic E-state index is 11.4. The first-order valence-corrected chi connectivity index (χ1v) is 7.87. The summed E-state index contributed by atoms with van der Waals surface area (Å²) in [7, 11) is 0. The minimum atomic E-state index is -0.260. The van der Waals surface area contributed by atoms with E-state index in [0.29, 0.717) is 22.8 Å². The van der Waals surface area contributed by atoms with E-state index in [1.165, 1.54) is 30.7 Å². The fourth-order valence-corrected chi connectivity index (χ4v) is 3.21. The average molecular weight is 323 g/mol. The van der Waals surface area contributed by atoms with Crippen LogP contribution >= 0.6 is 23.4 Å². The van der Waals surface area contributed by atoms with Gasteiger partial charge >= 0.3 is 0 Å². The second-order valence-electron chi connectivity index (χ2n) is 4.95. The van der Waals surface area contributed by atoms with Gasteiger partial charge < -0.3 is 16.0 Å². The van der Waals surface area contributed by atoms with Crippen molar-refractivity contribution in [3.63, 3.8) is 0 Å². The number of aromatic nitrogens is 2. The number of aromatic amines is 1. The molecular weight excluding hydrogens is 308 g/mol. The first kappa shape index (κ1) is 14.4. The Hall–Kier alpha value is -1.50. The van der Waals surface area contributed by atoms with Crippen molar-refractivity contribution in [1.82, 2.24) is 15.3 Å². The molecule has 0 unspecified atom stereocenters. The molecule has 0 amide bonds. The maximum Gasteiger partial charge on any atom is 0.253 e. The first-order chi connectivity index (χ1) is 10.1. The van der Waals surface area contributed by atoms with E-state index < -0.39 is 0 Å². The predicted molar refractivity (Wildman–Crippen MR) is 84.7 cm³/mol. The third-order valence-corrected chi connectivity index (χ3v) is 4.51. The lowest BCUT2D eigenvalue weighted by Crippen LogP contribution is -2.16. The van der Waals surface area contributed by atoms with Crippen molar-refractivity contribution < 1.29 is 0 Å². The van der Waals surface area contributed by atoms with Crippen molar-refractivity contribution in [2.45, 2.75) is 35.5 Å². The van der Waals surface area contributed by atoms with Crippen LogP contribution in [0.3, 0.4) is 0 Å². The van der Waals surface area contributed by atoms with E-state index in [9.17, 15) is 4.79 Å². The zero-order valence-electron chi connectivity index (χ0n) is 11.2. The molecule has 110 valence electrons. The lowest BCUT2D eigenvalue weighted by atomic mass is 10.2. The van der Waals surface area contributed by atoms with Gasteiger partial charge in [-0.2, -0.15) is 0 Å². The Balaban J connectivity index is 1.86. The summed E-state index contributed by atoms with van der Waals surface area (Å²) in [4.78, 5) is 19.2. The van der Waals surface area contributed by atoms with Crippen LogP contribution in [0.25, 0.3) is 0 Å². The Labute approximate surface area is 131 Å². The monoisotopic (exact) mass is 322 g/mol. The number of nitrogens with two attached hydrogens (primary N) is 1. The van der Waals surface area contributed by atoms with Crippen molar-refractivity contribution in [1.29, 1.82) is 0 Å². The fraction of sp³-hybridized carbons (Fsp3) is 0.286. The number of nitrogen functional groups attached to an aromatic ring is 1. The number of hydrogen-bond donors (Lipinski definition) is 3. The van der Waals surface area contributed by atoms with Gasteiger partial charge in [0.1, 0.15) is 5.82 Å². The van der Waals surface area contributed by atoms with Crippen LogP contribution in [0.5, 0.6) is 0 Å². The van der Waals surface area contributed by atoms with E-state index in [-0.39, 0.29) is 11.4 Å². The zero-order chi connectivity index (χ0) is 14.8. The highest BCUT2D eigenvalue weighted by Crippen LogP contribution is 2.32. The topological polar surface area (TPSA) is 83.8 Å². The standard InChI is InChI=1S/C14H15ClN4OS/c15-10-2-1-3-11(9(10)7-17-8-4-5-8)21-14-18-12(16)6-13(20)19-14/h1-3,6,8,17H,4-5,7H2,(H3,16,18,19,20). The number of benzene rings is 1. The van der Waals surface area contributed by atoms with Crippen LogP contribution in [0, 0.1) is 0 Å². The lowest BCUT2D eigenvalue weighted by molar-refractivity contribution is 0.680. The summed E-state index contributed by atoms with van der Waals surface area (Å²) < 4.78 is 0. The van der Waals surface area contributed by atoms with Crippen LogP contribution in [0.1, 0.15) is 18.4 Å². The molecule has 3 rings (SSSR count). The van der Waals surface area contributed by atoms with Gasteiger partial charge in [0.15, 0.2) is 5.16 Å². The number of anilines is 1. The smallest absolute Gasteiger partial charge is 0.253 e. The summed E-state index contributed by atoms with van der Waals surface area (Å²) in [6.07, 6.45) is 2.44. The van der Waals surface area contributed by atoms with Crippen molar-refractivity contribution in [2.24, 2.45) is 0 Å². The van der Waals surface area contributed by atoms with Gasteiger partial charge in [0, 0.05) is 28.6 Å². The highest BCUT2D eigenvalue weighted by Gasteiger charge is 2.21. The van der Waals surface area contributed by atoms with Gasteiger partial charge in [-0.15, -0.1) is 0 Å². The minimum absolute atomic E-state index is 0.209. The lowest BCUT2D eigenvalue weighted by Gasteiger charge is -2.11. The van der Waals surface area contributed by atoms with Crippen LogP contribution < -0.4 is 16.6 Å². The van der Waals surface area contributed by atoms with Gasteiger partial charge in [0.25, 0.3) is 5.56 Å². The summed E-state index contributed by atoms with van der Waals surface area (Å²) in [6, 6.07) is 7.58. The second-order valence-corrected chi connectivity index (χ2v) is 6.39. The molecule has 1 heterocycles. The van der Waals surface area contributed by atoms with Crippen LogP contribution in [-0.4, -0.2) is 16.0 Å². The van der Waals surface area contributed by atoms with Crippen molar-refractivity contribution in [2.75, 3.05) is 5.73 Å². The van der Waals surface area contributed by atoms with Crippen LogP contribution in [0.2, 0.25) is 5.02 Å². The molecule has 0 saturated heterocycles. The van der Waals surface area contributed by atoms with Gasteiger partial charge in [-0.05, 0) is 30.5 Å². The average Bonchev–Trinajstić information content (AvgIpc) is 3.21. The summed E-state index contributed by atoms with van der Waals surface area (Å²) in [5.41, 5.74) is 6.36. The summed E-state index contributed by atoms with van der Waals surface area (Å²) in [5, 5.41) is 4.62. The third kappa shape index (κ3) is 3.78. The summed E-state index contributed by atoms with van der Waals surface area (Å²) >= 11 is 7.65. The summed E-state index contributed by atoms with van der Waals surface area (Å²) in [6.45, 7) is 0.708. The number of hydrogen-bond acceptors (Lipinski definition) is 5. The van der Waals surface area contributed by atoms with E-state index in [2.05, 4.69) is 15.3 Å². The molecule has 21 heavy (non-hydrogen) atoms. The van der Waals surface area contributed by atoms with Gasteiger partial charge in [-0.3, -0.25) is 4.79 Å². The zero-order valence-corrected chi connectivity index (χ0v) is 12.8. The molecule has 4 N–H and O–H groups in total. The van der Waals surface area contributed by atoms with Gasteiger partial charge in [-0.25, -0.2) is 4.98 Å². The molecule has 7 heteroatoms. The van der Waals surface area contributed by atoms with Crippen molar-refractivity contribution >= 4 is 29.2 Å². The molecule has 1 aromatic heterocycles. The van der Waals surface area contributed by atoms with Crippen LogP contribution in [0.4, 0.5) is 5.82 Å². The molecular formula is C14H15ClN4OS. The normalized spacial score (nSPS) is 14.3. The molecule has 1 aliphatic rings. The third-order valence-electron chi connectivity index (χ3n) is 3.17. The largest absolute Gasteiger partial charge is 0.383 e. The molecule has 2 aromatic rings. The van der Waals surface area contributed by atoms with Gasteiger partial charge in [0.2, 0.25) is 0 Å². The molecule has 1 aliphatic carbocycles. The van der Waals surface area contributed by atoms with E-state index in [0.717, 1.165) is 10.5 Å². The minimum Gasteiger partial charge on any atom is -0.383 e. The highest BCUT2D eigenvalue weighted by molar-refractivity contribution is 7.99. The van der Waals surface area contributed by atoms with E-state index in [4.69, 9.17) is 17.3 Å². The Morgan fingerprint density at radius 3 is 3.00 bits per heavy atom. The van der Waals surface area contributed by atoms with Gasteiger partial charge in [0.05, 0.1) is 0 Å². The van der Waals surface area contributed by atoms with E-state index in [1.807, 2.05) is 18.2 Å². The van der Waals surface area contributed by atoms with Crippen molar-refractivity contribution in [3.8, 4) is 0 Å². The van der Waals surface area contributed by atoms with E-state index in [1.54, 1.807) is 0 Å². The SMILES string of the molecule is Nc1cc(=O)[nH]c(Sc2cccc(Cl)c2CNC2CC2)n1. The molecule has 0 aliphatic heterocycles. The molecule has 0 radical (unpaired) electrons. The molecule has 1 saturated carbocycles. The molecule has 5 nitrogen and oxygen atoms in total. The van der Waals surface area contributed by atoms with Gasteiger partial charge in [-0.1, -0.05) is 29.4 Å². The first-order valence-electron chi connectivity index (χ1n) is 6.67. The van der Waals surface area contributed by atoms with Crippen LogP contribution in [-0.2, 0) is 6.54 Å². The van der Waals surface area contributed by atoms with Crippen molar-refractivity contribution in [3.05, 3.63) is 45.2 Å². The number of H-pyrrole nitrogens is 1. The van der Waals surface area contributed by atoms with E-state index >= 15 is 0 Å². The highest BCUT2D eigenvalue weighted by atomic mass is 35.5. The predicted octanol–water partition coefficient (Wildman–Crippen LogP) is 2.41. The maximum atomic E-state index is 11.4. The molecule has 0 spiro atoms. The number of nitrogens with zero attached hydrogens (tertiary/aromatic N) is 1. The summed E-state index contributed by atoms with van der Waals surface area (Å²) in [5.74, 6) is 0.209. The second kappa shape index (κ2) is 6.09. The fourth-order valence-electron chi connectivity index (χ4n) is 1.95.